The minimum Gasteiger partial charge on any atom is -0.343 e. The number of para-hydroxylation sites is 1. The zero-order valence-corrected chi connectivity index (χ0v) is 15.4. The minimum absolute atomic E-state index is 0.195. The zero-order valence-electron chi connectivity index (χ0n) is 15.4. The fourth-order valence-corrected chi connectivity index (χ4v) is 3.10. The summed E-state index contributed by atoms with van der Waals surface area (Å²) in [6.07, 6.45) is 1.82. The molecular weight excluding hydrogens is 370 g/mol. The van der Waals surface area contributed by atoms with Gasteiger partial charge in [-0.3, -0.25) is 9.20 Å². The lowest BCUT2D eigenvalue weighted by Crippen LogP contribution is -2.24. The van der Waals surface area contributed by atoms with Crippen molar-refractivity contribution in [1.29, 1.82) is 0 Å². The topological polar surface area (TPSA) is 111 Å². The lowest BCUT2D eigenvalue weighted by Gasteiger charge is -2.05. The number of nitrogens with zero attached hydrogens (tertiary/aromatic N) is 6. The molecule has 142 valence electrons. The molecule has 0 saturated heterocycles. The van der Waals surface area contributed by atoms with E-state index >= 15 is 0 Å². The smallest absolute Gasteiger partial charge is 0.270 e. The van der Waals surface area contributed by atoms with Gasteiger partial charge in [-0.15, -0.1) is 10.2 Å². The Morgan fingerprint density at radius 1 is 1.07 bits per heavy atom. The Labute approximate surface area is 164 Å². The van der Waals surface area contributed by atoms with Crippen LogP contribution in [0.5, 0.6) is 0 Å². The number of aryl methyl sites for hydroxylation is 1. The maximum atomic E-state index is 12.5. The van der Waals surface area contributed by atoms with Crippen molar-refractivity contribution in [3.63, 3.8) is 0 Å². The molecule has 9 heteroatoms. The molecule has 0 spiro atoms. The number of hydrogen-bond donors (Lipinski definition) is 1. The van der Waals surface area contributed by atoms with Gasteiger partial charge in [0.2, 0.25) is 0 Å². The molecule has 5 aromatic rings. The fraction of sp³-hybridized carbons (Fsp3) is 0.100. The monoisotopic (exact) mass is 385 g/mol. The summed E-state index contributed by atoms with van der Waals surface area (Å²) in [5.74, 6) is 1.21. The van der Waals surface area contributed by atoms with Gasteiger partial charge in [0.25, 0.3) is 11.8 Å². The predicted octanol–water partition coefficient (Wildman–Crippen LogP) is 2.57. The van der Waals surface area contributed by atoms with Crippen molar-refractivity contribution < 1.29 is 9.32 Å². The number of carbonyl (C=O) groups excluding carboxylic acids is 1. The lowest BCUT2D eigenvalue weighted by molar-refractivity contribution is 0.0945. The van der Waals surface area contributed by atoms with Crippen molar-refractivity contribution in [2.45, 2.75) is 13.5 Å². The summed E-state index contributed by atoms with van der Waals surface area (Å²) in [6.45, 7) is 1.94. The molecule has 1 N–H and O–H groups in total. The summed E-state index contributed by atoms with van der Waals surface area (Å²) < 4.78 is 7.02. The van der Waals surface area contributed by atoms with Crippen LogP contribution in [0, 0.1) is 6.92 Å². The molecule has 0 bridgehead atoms. The molecule has 0 unspecified atom stereocenters. The van der Waals surface area contributed by atoms with Crippen LogP contribution in [0.15, 0.2) is 59.3 Å². The summed E-state index contributed by atoms with van der Waals surface area (Å²) in [5.41, 5.74) is 2.37. The third-order valence-corrected chi connectivity index (χ3v) is 4.50. The molecule has 29 heavy (non-hydrogen) atoms. The van der Waals surface area contributed by atoms with Crippen molar-refractivity contribution in [2.75, 3.05) is 0 Å². The summed E-state index contributed by atoms with van der Waals surface area (Å²) in [4.78, 5) is 21.2. The van der Waals surface area contributed by atoms with Gasteiger partial charge in [-0.2, -0.15) is 4.98 Å². The Morgan fingerprint density at radius 2 is 1.97 bits per heavy atom. The minimum atomic E-state index is -0.281. The average Bonchev–Trinajstić information content (AvgIpc) is 3.37. The average molecular weight is 385 g/mol. The van der Waals surface area contributed by atoms with Gasteiger partial charge in [0.15, 0.2) is 17.3 Å². The molecule has 0 aliphatic carbocycles. The van der Waals surface area contributed by atoms with E-state index in [4.69, 9.17) is 4.52 Å². The zero-order chi connectivity index (χ0) is 19.8. The van der Waals surface area contributed by atoms with E-state index in [-0.39, 0.29) is 12.5 Å². The highest BCUT2D eigenvalue weighted by atomic mass is 16.5. The van der Waals surface area contributed by atoms with Crippen LogP contribution in [0.4, 0.5) is 0 Å². The molecule has 0 saturated carbocycles. The second-order valence-corrected chi connectivity index (χ2v) is 6.45. The van der Waals surface area contributed by atoms with Gasteiger partial charge in [-0.25, -0.2) is 4.98 Å². The molecular formula is C20H15N7O2. The Morgan fingerprint density at radius 3 is 2.83 bits per heavy atom. The Kier molecular flexibility index (Phi) is 3.98. The van der Waals surface area contributed by atoms with Gasteiger partial charge in [-0.1, -0.05) is 29.4 Å². The Bertz CT molecular complexity index is 1360. The predicted molar refractivity (Wildman–Crippen MR) is 104 cm³/mol. The number of nitrogens with one attached hydrogen (secondary N) is 1. The van der Waals surface area contributed by atoms with E-state index in [9.17, 15) is 4.79 Å². The van der Waals surface area contributed by atoms with Crippen LogP contribution in [0.2, 0.25) is 0 Å². The van der Waals surface area contributed by atoms with Gasteiger partial charge in [0.1, 0.15) is 5.69 Å². The van der Waals surface area contributed by atoms with E-state index in [0.29, 0.717) is 34.4 Å². The number of pyridine rings is 2. The number of hydrogen-bond acceptors (Lipinski definition) is 7. The van der Waals surface area contributed by atoms with Gasteiger partial charge in [0.05, 0.1) is 17.6 Å². The molecule has 4 aromatic heterocycles. The first-order chi connectivity index (χ1) is 14.2. The summed E-state index contributed by atoms with van der Waals surface area (Å²) in [7, 11) is 0. The van der Waals surface area contributed by atoms with Crippen LogP contribution in [0.3, 0.4) is 0 Å². The largest absolute Gasteiger partial charge is 0.343 e. The maximum Gasteiger partial charge on any atom is 0.270 e. The highest BCUT2D eigenvalue weighted by molar-refractivity contribution is 5.94. The first-order valence-corrected chi connectivity index (χ1v) is 8.96. The Balaban J connectivity index is 1.39. The Hall–Kier alpha value is -4.14. The number of amides is 1. The van der Waals surface area contributed by atoms with Crippen LogP contribution < -0.4 is 5.32 Å². The van der Waals surface area contributed by atoms with Crippen molar-refractivity contribution in [2.24, 2.45) is 0 Å². The van der Waals surface area contributed by atoms with Gasteiger partial charge in [0, 0.05) is 11.6 Å². The van der Waals surface area contributed by atoms with E-state index in [0.717, 1.165) is 10.9 Å². The number of rotatable bonds is 4. The van der Waals surface area contributed by atoms with E-state index in [1.807, 2.05) is 48.7 Å². The van der Waals surface area contributed by atoms with E-state index in [1.165, 1.54) is 0 Å². The van der Waals surface area contributed by atoms with Crippen LogP contribution in [0.25, 0.3) is 28.0 Å². The molecule has 5 rings (SSSR count). The second kappa shape index (κ2) is 6.79. The molecule has 0 aliphatic heterocycles. The quantitative estimate of drug-likeness (QED) is 0.506. The highest BCUT2D eigenvalue weighted by Crippen LogP contribution is 2.22. The lowest BCUT2D eigenvalue weighted by atomic mass is 10.2. The third kappa shape index (κ3) is 3.08. The maximum absolute atomic E-state index is 12.5. The third-order valence-electron chi connectivity index (χ3n) is 4.50. The van der Waals surface area contributed by atoms with Crippen molar-refractivity contribution in [3.8, 4) is 11.5 Å². The fourth-order valence-electron chi connectivity index (χ4n) is 3.10. The van der Waals surface area contributed by atoms with Crippen molar-refractivity contribution in [1.82, 2.24) is 35.0 Å². The van der Waals surface area contributed by atoms with Crippen molar-refractivity contribution >= 4 is 22.5 Å². The van der Waals surface area contributed by atoms with E-state index in [1.54, 1.807) is 17.4 Å². The van der Waals surface area contributed by atoms with Crippen LogP contribution in [-0.4, -0.2) is 35.6 Å². The van der Waals surface area contributed by atoms with Gasteiger partial charge in [-0.05, 0) is 31.2 Å². The first-order valence-electron chi connectivity index (χ1n) is 8.96. The number of benzene rings is 1. The van der Waals surface area contributed by atoms with Gasteiger partial charge >= 0.3 is 0 Å². The summed E-state index contributed by atoms with van der Waals surface area (Å²) >= 11 is 0. The van der Waals surface area contributed by atoms with Gasteiger partial charge < -0.3 is 9.84 Å². The number of carbonyl (C=O) groups is 1. The summed E-state index contributed by atoms with van der Waals surface area (Å²) in [5, 5.41) is 16.0. The molecule has 0 fully saturated rings. The summed E-state index contributed by atoms with van der Waals surface area (Å²) in [6, 6.07) is 14.9. The molecule has 9 nitrogen and oxygen atoms in total. The molecule has 0 aliphatic rings. The highest BCUT2D eigenvalue weighted by Gasteiger charge is 2.16. The molecule has 4 heterocycles. The normalized spacial score (nSPS) is 11.2. The van der Waals surface area contributed by atoms with E-state index < -0.39 is 0 Å². The molecule has 0 atom stereocenters. The van der Waals surface area contributed by atoms with Crippen LogP contribution >= 0.6 is 0 Å². The molecule has 1 amide bonds. The molecule has 0 radical (unpaired) electrons. The van der Waals surface area contributed by atoms with Crippen molar-refractivity contribution in [3.05, 3.63) is 72.1 Å². The second-order valence-electron chi connectivity index (χ2n) is 6.45. The van der Waals surface area contributed by atoms with Crippen LogP contribution in [-0.2, 0) is 6.54 Å². The van der Waals surface area contributed by atoms with Crippen LogP contribution in [0.1, 0.15) is 22.1 Å². The molecule has 1 aromatic carbocycles. The standard InChI is InChI=1S/C20H15N7O2/c1-12-22-20(29-26-12)14-6-4-10-27-17(24-25-18(14)27)11-21-19(28)16-9-8-13-5-2-3-7-15(13)23-16/h2-10H,11H2,1H3,(H,21,28). The number of fused-ring (bicyclic) bond motifs is 2. The van der Waals surface area contributed by atoms with E-state index in [2.05, 4.69) is 30.6 Å². The first kappa shape index (κ1) is 17.0. The number of aromatic nitrogens is 6. The SMILES string of the molecule is Cc1noc(-c2cccn3c(CNC(=O)c4ccc5ccccc5n4)nnc23)n1.